The van der Waals surface area contributed by atoms with Crippen molar-refractivity contribution in [2.75, 3.05) is 6.79 Å². The summed E-state index contributed by atoms with van der Waals surface area (Å²) >= 11 is 0. The molecule has 0 saturated heterocycles. The van der Waals surface area contributed by atoms with E-state index in [4.69, 9.17) is 9.47 Å². The number of hydrogen-bond donors (Lipinski definition) is 1. The molecule has 1 N–H and O–H groups in total. The highest BCUT2D eigenvalue weighted by molar-refractivity contribution is 6.04. The standard InChI is InChI=1S/C18H16FNO3/c1-12(8-16(21)14-3-5-15(19)6-4-14)20-10-13-2-7-17-18(9-13)23-11-22-17/h2-9,20H,10-11H2,1H3/b12-8+. The first-order valence-corrected chi connectivity index (χ1v) is 7.22. The Bertz CT molecular complexity index is 753. The van der Waals surface area contributed by atoms with Crippen LogP contribution in [0.15, 0.2) is 54.2 Å². The highest BCUT2D eigenvalue weighted by atomic mass is 19.1. The average molecular weight is 313 g/mol. The fourth-order valence-electron chi connectivity index (χ4n) is 2.24. The lowest BCUT2D eigenvalue weighted by Gasteiger charge is -2.07. The van der Waals surface area contributed by atoms with Crippen LogP contribution in [0.3, 0.4) is 0 Å². The summed E-state index contributed by atoms with van der Waals surface area (Å²) in [6.07, 6.45) is 1.50. The number of ketones is 1. The van der Waals surface area contributed by atoms with Gasteiger partial charge in [0.15, 0.2) is 17.3 Å². The van der Waals surface area contributed by atoms with Gasteiger partial charge in [0.05, 0.1) is 0 Å². The minimum Gasteiger partial charge on any atom is -0.454 e. The molecule has 0 amide bonds. The van der Waals surface area contributed by atoms with Gasteiger partial charge in [0.2, 0.25) is 6.79 Å². The van der Waals surface area contributed by atoms with Gasteiger partial charge in [0, 0.05) is 23.9 Å². The van der Waals surface area contributed by atoms with E-state index in [1.54, 1.807) is 0 Å². The van der Waals surface area contributed by atoms with Crippen LogP contribution < -0.4 is 14.8 Å². The van der Waals surface area contributed by atoms with E-state index in [9.17, 15) is 9.18 Å². The zero-order valence-electron chi connectivity index (χ0n) is 12.6. The van der Waals surface area contributed by atoms with Gasteiger partial charge in [0.1, 0.15) is 5.82 Å². The zero-order valence-corrected chi connectivity index (χ0v) is 12.6. The molecule has 0 spiro atoms. The second kappa shape index (κ2) is 6.52. The van der Waals surface area contributed by atoms with Gasteiger partial charge in [-0.3, -0.25) is 4.79 Å². The molecular weight excluding hydrogens is 297 g/mol. The number of ether oxygens (including phenoxy) is 2. The molecule has 0 aromatic heterocycles. The molecule has 1 aliphatic heterocycles. The molecule has 4 nitrogen and oxygen atoms in total. The Balaban J connectivity index is 1.61. The van der Waals surface area contributed by atoms with Crippen LogP contribution in [0, 0.1) is 5.82 Å². The Labute approximate surface area is 133 Å². The van der Waals surface area contributed by atoms with Crippen LogP contribution in [-0.2, 0) is 6.54 Å². The maximum atomic E-state index is 12.9. The third-order valence-corrected chi connectivity index (χ3v) is 3.48. The van der Waals surface area contributed by atoms with Gasteiger partial charge in [-0.05, 0) is 48.9 Å². The SMILES string of the molecule is C/C(=C\C(=O)c1ccc(F)cc1)NCc1ccc2c(c1)OCO2. The quantitative estimate of drug-likeness (QED) is 0.678. The number of carbonyl (C=O) groups excluding carboxylic acids is 1. The third kappa shape index (κ3) is 3.69. The van der Waals surface area contributed by atoms with Gasteiger partial charge in [-0.2, -0.15) is 0 Å². The lowest BCUT2D eigenvalue weighted by atomic mass is 10.1. The van der Waals surface area contributed by atoms with E-state index in [2.05, 4.69) is 5.32 Å². The molecule has 2 aromatic rings. The fourth-order valence-corrected chi connectivity index (χ4v) is 2.24. The number of carbonyl (C=O) groups is 1. The summed E-state index contributed by atoms with van der Waals surface area (Å²) in [5.41, 5.74) is 2.21. The fraction of sp³-hybridized carbons (Fsp3) is 0.167. The monoisotopic (exact) mass is 313 g/mol. The van der Waals surface area contributed by atoms with Gasteiger partial charge < -0.3 is 14.8 Å². The van der Waals surface area contributed by atoms with E-state index < -0.39 is 0 Å². The van der Waals surface area contributed by atoms with E-state index in [-0.39, 0.29) is 18.4 Å². The number of fused-ring (bicyclic) bond motifs is 1. The predicted octanol–water partition coefficient (Wildman–Crippen LogP) is 3.43. The van der Waals surface area contributed by atoms with Crippen molar-refractivity contribution < 1.29 is 18.7 Å². The first kappa shape index (κ1) is 15.1. The molecule has 0 aliphatic carbocycles. The topological polar surface area (TPSA) is 47.6 Å². The molecule has 0 fully saturated rings. The van der Waals surface area contributed by atoms with Crippen LogP contribution >= 0.6 is 0 Å². The van der Waals surface area contributed by atoms with Crippen molar-refractivity contribution in [3.05, 3.63) is 71.2 Å². The lowest BCUT2D eigenvalue weighted by Crippen LogP contribution is -2.12. The number of allylic oxidation sites excluding steroid dienone is 2. The summed E-state index contributed by atoms with van der Waals surface area (Å²) in [5.74, 6) is 0.949. The molecule has 0 radical (unpaired) electrons. The second-order valence-corrected chi connectivity index (χ2v) is 5.24. The van der Waals surface area contributed by atoms with Crippen molar-refractivity contribution in [1.29, 1.82) is 0 Å². The minimum atomic E-state index is -0.358. The molecule has 23 heavy (non-hydrogen) atoms. The van der Waals surface area contributed by atoms with E-state index in [1.165, 1.54) is 30.3 Å². The van der Waals surface area contributed by atoms with Crippen LogP contribution in [0.2, 0.25) is 0 Å². The highest BCUT2D eigenvalue weighted by Crippen LogP contribution is 2.32. The first-order valence-electron chi connectivity index (χ1n) is 7.22. The Kier molecular flexibility index (Phi) is 4.28. The minimum absolute atomic E-state index is 0.166. The van der Waals surface area contributed by atoms with Crippen molar-refractivity contribution in [3.63, 3.8) is 0 Å². The van der Waals surface area contributed by atoms with Crippen LogP contribution in [0.5, 0.6) is 11.5 Å². The molecule has 1 aliphatic rings. The van der Waals surface area contributed by atoms with E-state index >= 15 is 0 Å². The third-order valence-electron chi connectivity index (χ3n) is 3.48. The zero-order chi connectivity index (χ0) is 16.2. The number of rotatable bonds is 5. The van der Waals surface area contributed by atoms with Crippen LogP contribution in [-0.4, -0.2) is 12.6 Å². The van der Waals surface area contributed by atoms with Crippen molar-refractivity contribution in [3.8, 4) is 11.5 Å². The number of nitrogens with one attached hydrogen (secondary N) is 1. The van der Waals surface area contributed by atoms with E-state index in [0.717, 1.165) is 22.8 Å². The Morgan fingerprint density at radius 3 is 2.70 bits per heavy atom. The first-order chi connectivity index (χ1) is 11.1. The van der Waals surface area contributed by atoms with Crippen LogP contribution in [0.25, 0.3) is 0 Å². The van der Waals surface area contributed by atoms with Gasteiger partial charge in [-0.1, -0.05) is 6.07 Å². The summed E-state index contributed by atoms with van der Waals surface area (Å²) in [5, 5.41) is 3.17. The van der Waals surface area contributed by atoms with Crippen LogP contribution in [0.4, 0.5) is 4.39 Å². The van der Waals surface area contributed by atoms with Gasteiger partial charge in [-0.15, -0.1) is 0 Å². The van der Waals surface area contributed by atoms with Crippen molar-refractivity contribution in [2.45, 2.75) is 13.5 Å². The molecule has 0 unspecified atom stereocenters. The smallest absolute Gasteiger partial charge is 0.231 e. The Morgan fingerprint density at radius 2 is 1.91 bits per heavy atom. The molecule has 1 heterocycles. The maximum absolute atomic E-state index is 12.9. The number of benzene rings is 2. The summed E-state index contributed by atoms with van der Waals surface area (Å²) in [4.78, 5) is 12.1. The van der Waals surface area contributed by atoms with Crippen molar-refractivity contribution >= 4 is 5.78 Å². The summed E-state index contributed by atoms with van der Waals surface area (Å²) in [6.45, 7) is 2.63. The lowest BCUT2D eigenvalue weighted by molar-refractivity contribution is 0.104. The molecule has 0 bridgehead atoms. The van der Waals surface area contributed by atoms with E-state index in [1.807, 2.05) is 25.1 Å². The van der Waals surface area contributed by atoms with Gasteiger partial charge in [0.25, 0.3) is 0 Å². The molecule has 0 atom stereocenters. The van der Waals surface area contributed by atoms with Crippen molar-refractivity contribution in [2.24, 2.45) is 0 Å². The normalized spacial score (nSPS) is 13.0. The summed E-state index contributed by atoms with van der Waals surface area (Å²) in [7, 11) is 0. The molecular formula is C18H16FNO3. The van der Waals surface area contributed by atoms with Crippen LogP contribution in [0.1, 0.15) is 22.8 Å². The maximum Gasteiger partial charge on any atom is 0.231 e. The summed E-state index contributed by atoms with van der Waals surface area (Å²) < 4.78 is 23.4. The summed E-state index contributed by atoms with van der Waals surface area (Å²) in [6, 6.07) is 11.2. The molecule has 5 heteroatoms. The Hall–Kier alpha value is -2.82. The molecule has 2 aromatic carbocycles. The van der Waals surface area contributed by atoms with Gasteiger partial charge in [-0.25, -0.2) is 4.39 Å². The number of halogens is 1. The largest absolute Gasteiger partial charge is 0.454 e. The predicted molar refractivity (Wildman–Crippen MR) is 83.9 cm³/mol. The number of hydrogen-bond acceptors (Lipinski definition) is 4. The molecule has 118 valence electrons. The van der Waals surface area contributed by atoms with Crippen molar-refractivity contribution in [1.82, 2.24) is 5.32 Å². The average Bonchev–Trinajstić information content (AvgIpc) is 3.01. The molecule has 3 rings (SSSR count). The Morgan fingerprint density at radius 1 is 1.17 bits per heavy atom. The van der Waals surface area contributed by atoms with E-state index in [0.29, 0.717) is 12.1 Å². The van der Waals surface area contributed by atoms with Gasteiger partial charge >= 0.3 is 0 Å². The highest BCUT2D eigenvalue weighted by Gasteiger charge is 2.13. The second-order valence-electron chi connectivity index (χ2n) is 5.24. The molecule has 0 saturated carbocycles.